The number of esters is 1. The number of likely N-dealkylation sites (tertiary alicyclic amines) is 1. The Kier molecular flexibility index (Phi) is 4.12. The number of phenolic OH excluding ortho intramolecular Hbond substituents is 1. The number of carbonyl (C=O) groups is 2. The number of phenols is 1. The largest absolute Gasteiger partial charge is 0.506 e. The Bertz CT molecular complexity index is 530. The molecule has 6 heteroatoms. The number of aromatic hydroxyl groups is 1. The highest BCUT2D eigenvalue weighted by atomic mass is 16.5. The van der Waals surface area contributed by atoms with Crippen LogP contribution < -0.4 is 5.73 Å². The van der Waals surface area contributed by atoms with Gasteiger partial charge in [0, 0.05) is 18.7 Å². The molecule has 6 nitrogen and oxygen atoms in total. The third-order valence-electron chi connectivity index (χ3n) is 3.52. The number of methoxy groups -OCH3 is 1. The molecule has 0 spiro atoms. The van der Waals surface area contributed by atoms with Crippen LogP contribution in [0.5, 0.6) is 5.75 Å². The zero-order valence-electron chi connectivity index (χ0n) is 11.3. The fourth-order valence-corrected chi connectivity index (χ4v) is 2.38. The van der Waals surface area contributed by atoms with Crippen LogP contribution in [-0.4, -0.2) is 42.1 Å². The van der Waals surface area contributed by atoms with Crippen LogP contribution in [0.1, 0.15) is 23.2 Å². The van der Waals surface area contributed by atoms with Gasteiger partial charge in [-0.3, -0.25) is 9.59 Å². The molecule has 0 radical (unpaired) electrons. The lowest BCUT2D eigenvalue weighted by Gasteiger charge is -2.31. The Hall–Kier alpha value is -2.24. The minimum Gasteiger partial charge on any atom is -0.506 e. The van der Waals surface area contributed by atoms with Crippen molar-refractivity contribution in [2.45, 2.75) is 12.8 Å². The molecule has 1 fully saturated rings. The smallest absolute Gasteiger partial charge is 0.310 e. The van der Waals surface area contributed by atoms with Crippen LogP contribution in [-0.2, 0) is 9.53 Å². The number of rotatable bonds is 2. The number of ether oxygens (including phenoxy) is 1. The predicted octanol–water partition coefficient (Wildman–Crippen LogP) is 1.000. The molecule has 1 aromatic carbocycles. The van der Waals surface area contributed by atoms with Crippen molar-refractivity contribution in [1.29, 1.82) is 0 Å². The second-order valence-electron chi connectivity index (χ2n) is 4.89. The summed E-state index contributed by atoms with van der Waals surface area (Å²) in [6.45, 7) is 0.939. The van der Waals surface area contributed by atoms with Gasteiger partial charge in [0.15, 0.2) is 0 Å². The van der Waals surface area contributed by atoms with Crippen LogP contribution in [0.2, 0.25) is 0 Å². The van der Waals surface area contributed by atoms with Crippen molar-refractivity contribution >= 4 is 17.6 Å². The van der Waals surface area contributed by atoms with E-state index in [-0.39, 0.29) is 29.2 Å². The van der Waals surface area contributed by atoms with Crippen molar-refractivity contribution < 1.29 is 19.4 Å². The van der Waals surface area contributed by atoms with Crippen LogP contribution in [0.15, 0.2) is 18.2 Å². The number of benzene rings is 1. The van der Waals surface area contributed by atoms with Crippen LogP contribution in [0, 0.1) is 5.92 Å². The summed E-state index contributed by atoms with van der Waals surface area (Å²) < 4.78 is 4.72. The number of piperidine rings is 1. The molecule has 1 saturated heterocycles. The van der Waals surface area contributed by atoms with Crippen molar-refractivity contribution in [3.05, 3.63) is 23.8 Å². The van der Waals surface area contributed by atoms with E-state index in [2.05, 4.69) is 0 Å². The van der Waals surface area contributed by atoms with Crippen molar-refractivity contribution in [2.24, 2.45) is 5.92 Å². The molecule has 108 valence electrons. The molecule has 20 heavy (non-hydrogen) atoms. The molecule has 2 rings (SSSR count). The fourth-order valence-electron chi connectivity index (χ4n) is 2.38. The van der Waals surface area contributed by atoms with Gasteiger partial charge in [-0.2, -0.15) is 0 Å². The second kappa shape index (κ2) is 5.81. The van der Waals surface area contributed by atoms with E-state index in [1.165, 1.54) is 19.2 Å². The Balaban J connectivity index is 2.12. The van der Waals surface area contributed by atoms with Gasteiger partial charge in [-0.25, -0.2) is 0 Å². The molecule has 0 bridgehead atoms. The van der Waals surface area contributed by atoms with E-state index >= 15 is 0 Å². The van der Waals surface area contributed by atoms with E-state index in [0.29, 0.717) is 18.7 Å². The molecule has 0 aliphatic carbocycles. The van der Waals surface area contributed by atoms with Crippen LogP contribution in [0.4, 0.5) is 5.69 Å². The Morgan fingerprint density at radius 1 is 1.45 bits per heavy atom. The fraction of sp³-hybridized carbons (Fsp3) is 0.429. The molecular formula is C14H18N2O4. The number of anilines is 1. The lowest BCUT2D eigenvalue weighted by Crippen LogP contribution is -2.42. The lowest BCUT2D eigenvalue weighted by molar-refractivity contribution is -0.146. The number of nitrogens with zero attached hydrogens (tertiary/aromatic N) is 1. The van der Waals surface area contributed by atoms with Crippen molar-refractivity contribution in [3.8, 4) is 5.75 Å². The highest BCUT2D eigenvalue weighted by Crippen LogP contribution is 2.24. The van der Waals surface area contributed by atoms with Gasteiger partial charge in [0.2, 0.25) is 0 Å². The molecule has 1 atom stereocenters. The summed E-state index contributed by atoms with van der Waals surface area (Å²) in [7, 11) is 1.35. The molecular weight excluding hydrogens is 260 g/mol. The van der Waals surface area contributed by atoms with Crippen LogP contribution >= 0.6 is 0 Å². The van der Waals surface area contributed by atoms with Gasteiger partial charge in [0.05, 0.1) is 18.7 Å². The van der Waals surface area contributed by atoms with E-state index in [1.54, 1.807) is 11.0 Å². The SMILES string of the molecule is COC(=O)C1CCCN(C(=O)c2ccc(N)c(O)c2)C1. The zero-order valence-corrected chi connectivity index (χ0v) is 11.3. The first-order valence-corrected chi connectivity index (χ1v) is 6.48. The molecule has 0 aromatic heterocycles. The number of nitrogen functional groups attached to an aromatic ring is 1. The quantitative estimate of drug-likeness (QED) is 0.478. The minimum atomic E-state index is -0.289. The van der Waals surface area contributed by atoms with Crippen molar-refractivity contribution in [3.63, 3.8) is 0 Å². The maximum absolute atomic E-state index is 12.3. The topological polar surface area (TPSA) is 92.9 Å². The number of amides is 1. The average Bonchev–Trinajstić information content (AvgIpc) is 2.48. The number of hydrogen-bond donors (Lipinski definition) is 2. The van der Waals surface area contributed by atoms with Crippen molar-refractivity contribution in [2.75, 3.05) is 25.9 Å². The van der Waals surface area contributed by atoms with E-state index in [9.17, 15) is 14.7 Å². The summed E-state index contributed by atoms with van der Waals surface area (Å²) in [5.74, 6) is -0.894. The van der Waals surface area contributed by atoms with Gasteiger partial charge >= 0.3 is 5.97 Å². The molecule has 1 aliphatic rings. The summed E-state index contributed by atoms with van der Waals surface area (Å²) in [6, 6.07) is 4.41. The molecule has 1 aromatic rings. The summed E-state index contributed by atoms with van der Waals surface area (Å²) in [4.78, 5) is 25.5. The summed E-state index contributed by atoms with van der Waals surface area (Å²) in [5, 5.41) is 9.56. The van der Waals surface area contributed by atoms with E-state index < -0.39 is 0 Å². The third-order valence-corrected chi connectivity index (χ3v) is 3.52. The van der Waals surface area contributed by atoms with Crippen LogP contribution in [0.3, 0.4) is 0 Å². The maximum atomic E-state index is 12.3. The lowest BCUT2D eigenvalue weighted by atomic mass is 9.97. The minimum absolute atomic E-state index is 0.114. The molecule has 1 unspecified atom stereocenters. The number of carbonyl (C=O) groups excluding carboxylic acids is 2. The van der Waals surface area contributed by atoms with Gasteiger partial charge < -0.3 is 20.5 Å². The first-order valence-electron chi connectivity index (χ1n) is 6.48. The standard InChI is InChI=1S/C14H18N2O4/c1-20-14(19)10-3-2-6-16(8-10)13(18)9-4-5-11(15)12(17)7-9/h4-5,7,10,17H,2-3,6,8,15H2,1H3. The van der Waals surface area contributed by atoms with E-state index in [1.807, 2.05) is 0 Å². The Morgan fingerprint density at radius 2 is 2.20 bits per heavy atom. The molecule has 1 heterocycles. The van der Waals surface area contributed by atoms with Gasteiger partial charge in [-0.15, -0.1) is 0 Å². The number of nitrogens with two attached hydrogens (primary N) is 1. The molecule has 3 N–H and O–H groups in total. The highest BCUT2D eigenvalue weighted by Gasteiger charge is 2.29. The zero-order chi connectivity index (χ0) is 14.7. The maximum Gasteiger partial charge on any atom is 0.310 e. The van der Waals surface area contributed by atoms with E-state index in [4.69, 9.17) is 10.5 Å². The summed E-state index contributed by atoms with van der Waals surface area (Å²) >= 11 is 0. The van der Waals surface area contributed by atoms with Crippen molar-refractivity contribution in [1.82, 2.24) is 4.90 Å². The van der Waals surface area contributed by atoms with Gasteiger partial charge in [0.1, 0.15) is 5.75 Å². The molecule has 1 amide bonds. The summed E-state index contributed by atoms with van der Waals surface area (Å²) in [5.41, 5.74) is 6.10. The van der Waals surface area contributed by atoms with Gasteiger partial charge in [0.25, 0.3) is 5.91 Å². The average molecular weight is 278 g/mol. The predicted molar refractivity (Wildman–Crippen MR) is 73.2 cm³/mol. The van der Waals surface area contributed by atoms with E-state index in [0.717, 1.165) is 12.8 Å². The normalized spacial score (nSPS) is 18.6. The highest BCUT2D eigenvalue weighted by molar-refractivity contribution is 5.95. The molecule has 0 saturated carbocycles. The van der Waals surface area contributed by atoms with Gasteiger partial charge in [-0.1, -0.05) is 0 Å². The first-order chi connectivity index (χ1) is 9.52. The number of hydrogen-bond acceptors (Lipinski definition) is 5. The first kappa shape index (κ1) is 14.2. The third kappa shape index (κ3) is 2.84. The summed E-state index contributed by atoms with van der Waals surface area (Å²) in [6.07, 6.45) is 1.48. The van der Waals surface area contributed by atoms with Crippen LogP contribution in [0.25, 0.3) is 0 Å². The molecule has 1 aliphatic heterocycles. The second-order valence-corrected chi connectivity index (χ2v) is 4.89. The van der Waals surface area contributed by atoms with Gasteiger partial charge in [-0.05, 0) is 31.0 Å². The monoisotopic (exact) mass is 278 g/mol. The Morgan fingerprint density at radius 3 is 2.85 bits per heavy atom. The Labute approximate surface area is 117 Å².